The van der Waals surface area contributed by atoms with Crippen LogP contribution >= 0.6 is 0 Å². The monoisotopic (exact) mass is 474 g/mol. The Morgan fingerprint density at radius 1 is 1.14 bits per heavy atom. The van der Waals surface area contributed by atoms with E-state index in [0.717, 1.165) is 41.1 Å². The zero-order valence-electron chi connectivity index (χ0n) is 19.9. The zero-order chi connectivity index (χ0) is 24.6. The first-order valence-corrected chi connectivity index (χ1v) is 11.6. The highest BCUT2D eigenvalue weighted by molar-refractivity contribution is 6.04. The number of benzene rings is 1. The van der Waals surface area contributed by atoms with E-state index in [9.17, 15) is 9.18 Å². The number of hydrogen-bond acceptors (Lipinski definition) is 6. The third kappa shape index (κ3) is 4.72. The second-order valence-electron chi connectivity index (χ2n) is 9.09. The number of halogens is 1. The van der Waals surface area contributed by atoms with E-state index in [-0.39, 0.29) is 11.6 Å². The summed E-state index contributed by atoms with van der Waals surface area (Å²) >= 11 is 0. The number of rotatable bonds is 5. The number of ether oxygens (including phenoxy) is 1. The average Bonchev–Trinajstić information content (AvgIpc) is 3.33. The Hall–Kier alpha value is -3.85. The third-order valence-corrected chi connectivity index (χ3v) is 6.06. The molecule has 0 saturated carbocycles. The zero-order valence-corrected chi connectivity index (χ0v) is 19.9. The van der Waals surface area contributed by atoms with Crippen LogP contribution in [0.3, 0.4) is 0 Å². The molecule has 1 amide bonds. The van der Waals surface area contributed by atoms with Crippen molar-refractivity contribution in [1.29, 1.82) is 0 Å². The lowest BCUT2D eigenvalue weighted by molar-refractivity contribution is 0.102. The fourth-order valence-electron chi connectivity index (χ4n) is 4.09. The van der Waals surface area contributed by atoms with Crippen LogP contribution in [0.15, 0.2) is 48.8 Å². The summed E-state index contributed by atoms with van der Waals surface area (Å²) in [5, 5.41) is 2.91. The number of nitrogens with one attached hydrogen (secondary N) is 2. The molecule has 1 fully saturated rings. The number of nitrogens with zero attached hydrogens (tertiary/aromatic N) is 4. The number of aromatic nitrogens is 4. The van der Waals surface area contributed by atoms with Gasteiger partial charge in [-0.05, 0) is 56.7 Å². The lowest BCUT2D eigenvalue weighted by Crippen LogP contribution is -2.37. The molecule has 4 heterocycles. The van der Waals surface area contributed by atoms with Gasteiger partial charge < -0.3 is 19.9 Å². The van der Waals surface area contributed by atoms with Gasteiger partial charge in [0.15, 0.2) is 11.6 Å². The molecule has 1 aromatic carbocycles. The Labute approximate surface area is 202 Å². The number of fused-ring (bicyclic) bond motifs is 1. The largest absolute Gasteiger partial charge is 0.378 e. The fraction of sp³-hybridized carbons (Fsp3) is 0.308. The second kappa shape index (κ2) is 9.07. The van der Waals surface area contributed by atoms with E-state index in [2.05, 4.69) is 20.2 Å². The molecule has 180 valence electrons. The van der Waals surface area contributed by atoms with Crippen molar-refractivity contribution < 1.29 is 13.9 Å². The molecule has 5 rings (SSSR count). The highest BCUT2D eigenvalue weighted by Crippen LogP contribution is 2.30. The number of carbonyl (C=O) groups excluding carboxylic acids is 1. The predicted molar refractivity (Wildman–Crippen MR) is 133 cm³/mol. The number of hydrogen-bond donors (Lipinski definition) is 2. The Bertz CT molecular complexity index is 1390. The molecule has 1 saturated heterocycles. The van der Waals surface area contributed by atoms with Crippen molar-refractivity contribution in [3.8, 4) is 11.4 Å². The number of anilines is 2. The van der Waals surface area contributed by atoms with Crippen LogP contribution in [0.25, 0.3) is 22.4 Å². The van der Waals surface area contributed by atoms with Gasteiger partial charge in [0, 0.05) is 42.3 Å². The summed E-state index contributed by atoms with van der Waals surface area (Å²) in [7, 11) is 0. The molecular formula is C26H27FN6O2. The topological polar surface area (TPSA) is 96.0 Å². The predicted octanol–water partition coefficient (Wildman–Crippen LogP) is 4.62. The van der Waals surface area contributed by atoms with Crippen LogP contribution in [0.4, 0.5) is 15.9 Å². The summed E-state index contributed by atoms with van der Waals surface area (Å²) in [6, 6.07) is 10.6. The van der Waals surface area contributed by atoms with Gasteiger partial charge in [-0.25, -0.2) is 14.4 Å². The van der Waals surface area contributed by atoms with Crippen molar-refractivity contribution in [3.63, 3.8) is 0 Å². The van der Waals surface area contributed by atoms with Crippen molar-refractivity contribution in [2.45, 2.75) is 26.4 Å². The molecule has 0 aliphatic carbocycles. The van der Waals surface area contributed by atoms with E-state index in [1.54, 1.807) is 6.07 Å². The van der Waals surface area contributed by atoms with E-state index >= 15 is 0 Å². The third-order valence-electron chi connectivity index (χ3n) is 6.06. The molecule has 2 N–H and O–H groups in total. The smallest absolute Gasteiger partial charge is 0.255 e. The van der Waals surface area contributed by atoms with Crippen molar-refractivity contribution in [1.82, 2.24) is 19.9 Å². The maximum absolute atomic E-state index is 14.3. The summed E-state index contributed by atoms with van der Waals surface area (Å²) in [6.45, 7) is 7.62. The quantitative estimate of drug-likeness (QED) is 0.438. The SMILES string of the molecule is Cc1ccc(NC(=O)c2ccnc(C(C)(C)F)c2)cc1-c1nc(N2CCOCC2)c2[nH]ccc2n1. The summed E-state index contributed by atoms with van der Waals surface area (Å²) in [5.74, 6) is 1.08. The average molecular weight is 475 g/mol. The first-order chi connectivity index (χ1) is 16.8. The summed E-state index contributed by atoms with van der Waals surface area (Å²) in [4.78, 5) is 32.1. The van der Waals surface area contributed by atoms with Crippen LogP contribution in [0, 0.1) is 6.92 Å². The van der Waals surface area contributed by atoms with Crippen LogP contribution in [0.1, 0.15) is 35.5 Å². The van der Waals surface area contributed by atoms with Gasteiger partial charge in [0.25, 0.3) is 5.91 Å². The minimum absolute atomic E-state index is 0.207. The molecule has 0 radical (unpaired) electrons. The van der Waals surface area contributed by atoms with Gasteiger partial charge in [-0.1, -0.05) is 6.07 Å². The molecule has 35 heavy (non-hydrogen) atoms. The van der Waals surface area contributed by atoms with Crippen molar-refractivity contribution in [2.75, 3.05) is 36.5 Å². The molecule has 0 atom stereocenters. The fourth-order valence-corrected chi connectivity index (χ4v) is 4.09. The van der Waals surface area contributed by atoms with Gasteiger partial charge in [-0.3, -0.25) is 9.78 Å². The number of pyridine rings is 1. The Morgan fingerprint density at radius 3 is 2.71 bits per heavy atom. The summed E-state index contributed by atoms with van der Waals surface area (Å²) in [6.07, 6.45) is 3.30. The van der Waals surface area contributed by atoms with Crippen molar-refractivity contribution >= 4 is 28.4 Å². The molecular weight excluding hydrogens is 447 g/mol. The Kier molecular flexibility index (Phi) is 5.94. The van der Waals surface area contributed by atoms with Crippen LogP contribution in [0.2, 0.25) is 0 Å². The van der Waals surface area contributed by atoms with E-state index < -0.39 is 5.67 Å². The van der Waals surface area contributed by atoms with Gasteiger partial charge >= 0.3 is 0 Å². The first-order valence-electron chi connectivity index (χ1n) is 11.6. The molecule has 3 aromatic heterocycles. The molecule has 8 nitrogen and oxygen atoms in total. The Morgan fingerprint density at radius 2 is 1.94 bits per heavy atom. The Balaban J connectivity index is 1.48. The van der Waals surface area contributed by atoms with Crippen LogP contribution < -0.4 is 10.2 Å². The second-order valence-corrected chi connectivity index (χ2v) is 9.09. The van der Waals surface area contributed by atoms with Crippen LogP contribution in [-0.4, -0.2) is 52.1 Å². The molecule has 0 spiro atoms. The highest BCUT2D eigenvalue weighted by atomic mass is 19.1. The van der Waals surface area contributed by atoms with Crippen LogP contribution in [0.5, 0.6) is 0 Å². The van der Waals surface area contributed by atoms with E-state index in [1.165, 1.54) is 26.1 Å². The molecule has 0 unspecified atom stereocenters. The van der Waals surface area contributed by atoms with Crippen molar-refractivity contribution in [3.05, 3.63) is 65.6 Å². The van der Waals surface area contributed by atoms with Gasteiger partial charge in [-0.15, -0.1) is 0 Å². The normalized spacial score (nSPS) is 14.3. The molecule has 4 aromatic rings. The highest BCUT2D eigenvalue weighted by Gasteiger charge is 2.22. The minimum atomic E-state index is -1.64. The molecule has 1 aliphatic heterocycles. The number of morpholine rings is 1. The number of amides is 1. The lowest BCUT2D eigenvalue weighted by Gasteiger charge is -2.28. The van der Waals surface area contributed by atoms with E-state index in [0.29, 0.717) is 30.3 Å². The van der Waals surface area contributed by atoms with E-state index in [1.807, 2.05) is 37.4 Å². The molecule has 0 bridgehead atoms. The maximum atomic E-state index is 14.3. The maximum Gasteiger partial charge on any atom is 0.255 e. The van der Waals surface area contributed by atoms with Gasteiger partial charge in [-0.2, -0.15) is 0 Å². The number of H-pyrrole nitrogens is 1. The van der Waals surface area contributed by atoms with Crippen molar-refractivity contribution in [2.24, 2.45) is 0 Å². The minimum Gasteiger partial charge on any atom is -0.378 e. The number of aryl methyl sites for hydroxylation is 1. The first kappa shape index (κ1) is 22.9. The number of aromatic amines is 1. The molecule has 9 heteroatoms. The number of alkyl halides is 1. The lowest BCUT2D eigenvalue weighted by atomic mass is 10.0. The van der Waals surface area contributed by atoms with E-state index in [4.69, 9.17) is 14.7 Å². The number of carbonyl (C=O) groups is 1. The van der Waals surface area contributed by atoms with Gasteiger partial charge in [0.2, 0.25) is 0 Å². The molecule has 1 aliphatic rings. The van der Waals surface area contributed by atoms with Gasteiger partial charge in [0.1, 0.15) is 11.2 Å². The summed E-state index contributed by atoms with van der Waals surface area (Å²) < 4.78 is 19.8. The van der Waals surface area contributed by atoms with Gasteiger partial charge in [0.05, 0.1) is 24.4 Å². The summed E-state index contributed by atoms with van der Waals surface area (Å²) in [5.41, 5.74) is 3.02. The standard InChI is InChI=1S/C26H27FN6O2/c1-16-4-5-18(30-25(34)17-6-8-28-21(14-17)26(2,3)27)15-19(16)23-31-20-7-9-29-22(20)24(32-23)33-10-12-35-13-11-33/h4-9,14-15,29H,10-13H2,1-3H3,(H,30,34). The van der Waals surface area contributed by atoms with Crippen LogP contribution in [-0.2, 0) is 10.4 Å².